The summed E-state index contributed by atoms with van der Waals surface area (Å²) in [5.74, 6) is 1.06. The molecule has 1 unspecified atom stereocenters. The Hall–Kier alpha value is -2.21. The molecule has 0 bridgehead atoms. The van der Waals surface area contributed by atoms with Gasteiger partial charge in [-0.15, -0.1) is 0 Å². The molecule has 0 aliphatic carbocycles. The quantitative estimate of drug-likeness (QED) is 0.785. The summed E-state index contributed by atoms with van der Waals surface area (Å²) < 4.78 is 7.08. The molecule has 0 aliphatic heterocycles. The van der Waals surface area contributed by atoms with Crippen molar-refractivity contribution in [3.8, 4) is 0 Å². The second kappa shape index (κ2) is 6.49. The standard InChI is InChI=1S/C15H20N4O2/c1-11-16-14(10-18(3)4)17-19(11)15(21-12(2)20)13-8-6-5-7-9-13/h5-9,15H,10H2,1-4H3. The van der Waals surface area contributed by atoms with Crippen LogP contribution in [0.2, 0.25) is 0 Å². The third-order valence-corrected chi connectivity index (χ3v) is 2.89. The summed E-state index contributed by atoms with van der Waals surface area (Å²) in [5, 5.41) is 4.47. The van der Waals surface area contributed by atoms with Crippen LogP contribution in [0.15, 0.2) is 30.3 Å². The first-order chi connectivity index (χ1) is 9.97. The van der Waals surface area contributed by atoms with E-state index in [0.29, 0.717) is 18.2 Å². The third kappa shape index (κ3) is 3.88. The zero-order valence-corrected chi connectivity index (χ0v) is 12.8. The Bertz CT molecular complexity index is 607. The van der Waals surface area contributed by atoms with Crippen LogP contribution in [0.5, 0.6) is 0 Å². The van der Waals surface area contributed by atoms with E-state index in [1.54, 1.807) is 4.68 Å². The molecular formula is C15H20N4O2. The minimum Gasteiger partial charge on any atom is -0.435 e. The fraction of sp³-hybridized carbons (Fsp3) is 0.400. The normalized spacial score (nSPS) is 12.4. The monoisotopic (exact) mass is 288 g/mol. The summed E-state index contributed by atoms with van der Waals surface area (Å²) in [5.41, 5.74) is 0.858. The average Bonchev–Trinajstić information content (AvgIpc) is 2.76. The lowest BCUT2D eigenvalue weighted by Crippen LogP contribution is -2.20. The number of aromatic nitrogens is 3. The van der Waals surface area contributed by atoms with Crippen molar-refractivity contribution < 1.29 is 9.53 Å². The van der Waals surface area contributed by atoms with Crippen molar-refractivity contribution in [2.75, 3.05) is 14.1 Å². The molecule has 2 aromatic rings. The maximum Gasteiger partial charge on any atom is 0.304 e. The Kier molecular flexibility index (Phi) is 4.70. The minimum atomic E-state index is -0.591. The van der Waals surface area contributed by atoms with Gasteiger partial charge in [-0.05, 0) is 21.0 Å². The number of rotatable bonds is 5. The summed E-state index contributed by atoms with van der Waals surface area (Å²) in [4.78, 5) is 17.8. The Morgan fingerprint density at radius 3 is 2.57 bits per heavy atom. The van der Waals surface area contributed by atoms with Crippen molar-refractivity contribution in [3.63, 3.8) is 0 Å². The molecule has 6 heteroatoms. The molecule has 0 spiro atoms. The molecular weight excluding hydrogens is 268 g/mol. The average molecular weight is 288 g/mol. The minimum absolute atomic E-state index is 0.354. The number of aryl methyl sites for hydroxylation is 1. The predicted octanol–water partition coefficient (Wildman–Crippen LogP) is 1.76. The number of carbonyl (C=O) groups is 1. The van der Waals surface area contributed by atoms with E-state index >= 15 is 0 Å². The topological polar surface area (TPSA) is 60.3 Å². The molecule has 0 saturated heterocycles. The SMILES string of the molecule is CC(=O)OC(c1ccccc1)n1nc(CN(C)C)nc1C. The van der Waals surface area contributed by atoms with Gasteiger partial charge in [0.1, 0.15) is 5.82 Å². The maximum absolute atomic E-state index is 11.4. The number of hydrogen-bond donors (Lipinski definition) is 0. The van der Waals surface area contributed by atoms with Crippen LogP contribution in [0, 0.1) is 6.92 Å². The highest BCUT2D eigenvalue weighted by Crippen LogP contribution is 2.20. The Labute approximate surface area is 124 Å². The van der Waals surface area contributed by atoms with Gasteiger partial charge < -0.3 is 9.64 Å². The van der Waals surface area contributed by atoms with E-state index < -0.39 is 6.23 Å². The molecule has 0 fully saturated rings. The van der Waals surface area contributed by atoms with E-state index in [-0.39, 0.29) is 5.97 Å². The molecule has 1 aromatic heterocycles. The van der Waals surface area contributed by atoms with Crippen molar-refractivity contribution in [1.82, 2.24) is 19.7 Å². The molecule has 21 heavy (non-hydrogen) atoms. The van der Waals surface area contributed by atoms with Crippen LogP contribution in [-0.2, 0) is 16.1 Å². The second-order valence-electron chi connectivity index (χ2n) is 5.13. The third-order valence-electron chi connectivity index (χ3n) is 2.89. The Morgan fingerprint density at radius 1 is 1.33 bits per heavy atom. The number of benzene rings is 1. The van der Waals surface area contributed by atoms with Crippen LogP contribution in [0.3, 0.4) is 0 Å². The number of nitrogens with zero attached hydrogens (tertiary/aromatic N) is 4. The van der Waals surface area contributed by atoms with Gasteiger partial charge in [0.25, 0.3) is 0 Å². The zero-order valence-electron chi connectivity index (χ0n) is 12.8. The molecule has 0 N–H and O–H groups in total. The van der Waals surface area contributed by atoms with E-state index in [9.17, 15) is 4.79 Å². The smallest absolute Gasteiger partial charge is 0.304 e. The van der Waals surface area contributed by atoms with E-state index in [1.165, 1.54) is 6.92 Å². The molecule has 0 amide bonds. The van der Waals surface area contributed by atoms with Crippen LogP contribution < -0.4 is 0 Å². The van der Waals surface area contributed by atoms with Crippen LogP contribution in [0.25, 0.3) is 0 Å². The molecule has 0 radical (unpaired) electrons. The maximum atomic E-state index is 11.4. The summed E-state index contributed by atoms with van der Waals surface area (Å²) >= 11 is 0. The Morgan fingerprint density at radius 2 is 2.00 bits per heavy atom. The summed E-state index contributed by atoms with van der Waals surface area (Å²) in [6.45, 7) is 3.88. The van der Waals surface area contributed by atoms with Gasteiger partial charge in [0.05, 0.1) is 6.54 Å². The van der Waals surface area contributed by atoms with Crippen molar-refractivity contribution >= 4 is 5.97 Å². The summed E-state index contributed by atoms with van der Waals surface area (Å²) in [7, 11) is 3.91. The van der Waals surface area contributed by atoms with Crippen LogP contribution in [-0.4, -0.2) is 39.7 Å². The van der Waals surface area contributed by atoms with Gasteiger partial charge in [-0.25, -0.2) is 9.67 Å². The molecule has 0 saturated carbocycles. The molecule has 1 aromatic carbocycles. The first-order valence-electron chi connectivity index (χ1n) is 6.76. The van der Waals surface area contributed by atoms with Gasteiger partial charge >= 0.3 is 5.97 Å². The fourth-order valence-corrected chi connectivity index (χ4v) is 2.06. The van der Waals surface area contributed by atoms with Crippen molar-refractivity contribution in [3.05, 3.63) is 47.5 Å². The first kappa shape index (κ1) is 15.2. The highest BCUT2D eigenvalue weighted by Gasteiger charge is 2.21. The summed E-state index contributed by atoms with van der Waals surface area (Å²) in [6.07, 6.45) is -0.591. The lowest BCUT2D eigenvalue weighted by molar-refractivity contribution is -0.148. The Balaban J connectivity index is 2.37. The largest absolute Gasteiger partial charge is 0.435 e. The van der Waals surface area contributed by atoms with E-state index in [2.05, 4.69) is 10.1 Å². The van der Waals surface area contributed by atoms with Crippen LogP contribution >= 0.6 is 0 Å². The van der Waals surface area contributed by atoms with Crippen molar-refractivity contribution in [2.24, 2.45) is 0 Å². The van der Waals surface area contributed by atoms with Gasteiger partial charge in [-0.2, -0.15) is 5.10 Å². The lowest BCUT2D eigenvalue weighted by atomic mass is 10.2. The second-order valence-corrected chi connectivity index (χ2v) is 5.13. The molecule has 0 aliphatic rings. The molecule has 6 nitrogen and oxygen atoms in total. The molecule has 2 rings (SSSR count). The highest BCUT2D eigenvalue weighted by molar-refractivity contribution is 5.66. The van der Waals surface area contributed by atoms with Crippen LogP contribution in [0.4, 0.5) is 0 Å². The van der Waals surface area contributed by atoms with E-state index in [1.807, 2.05) is 56.3 Å². The van der Waals surface area contributed by atoms with Crippen molar-refractivity contribution in [1.29, 1.82) is 0 Å². The molecule has 1 atom stereocenters. The van der Waals surface area contributed by atoms with E-state index in [0.717, 1.165) is 5.56 Å². The zero-order chi connectivity index (χ0) is 15.4. The number of esters is 1. The van der Waals surface area contributed by atoms with Gasteiger partial charge in [0, 0.05) is 12.5 Å². The van der Waals surface area contributed by atoms with Crippen LogP contribution in [0.1, 0.15) is 30.4 Å². The van der Waals surface area contributed by atoms with Gasteiger partial charge in [-0.3, -0.25) is 4.79 Å². The van der Waals surface area contributed by atoms with Gasteiger partial charge in [0.15, 0.2) is 5.82 Å². The van der Waals surface area contributed by atoms with Crippen molar-refractivity contribution in [2.45, 2.75) is 26.6 Å². The molecule has 1 heterocycles. The number of hydrogen-bond acceptors (Lipinski definition) is 5. The fourth-order valence-electron chi connectivity index (χ4n) is 2.06. The lowest BCUT2D eigenvalue weighted by Gasteiger charge is -2.18. The molecule has 112 valence electrons. The predicted molar refractivity (Wildman–Crippen MR) is 78.5 cm³/mol. The van der Waals surface area contributed by atoms with Gasteiger partial charge in [0.2, 0.25) is 6.23 Å². The summed E-state index contributed by atoms with van der Waals surface area (Å²) in [6, 6.07) is 9.53. The van der Waals surface area contributed by atoms with Gasteiger partial charge in [-0.1, -0.05) is 30.3 Å². The number of carbonyl (C=O) groups excluding carboxylic acids is 1. The highest BCUT2D eigenvalue weighted by atomic mass is 16.6. The number of ether oxygens (including phenoxy) is 1. The van der Waals surface area contributed by atoms with E-state index in [4.69, 9.17) is 4.74 Å². The first-order valence-corrected chi connectivity index (χ1v) is 6.76.